The SMILES string of the molecule is CC(C)C(=O)OCCCc1c[nH]c2ccc(F)cc12. The van der Waals surface area contributed by atoms with Crippen LogP contribution in [0.5, 0.6) is 0 Å². The van der Waals surface area contributed by atoms with E-state index in [9.17, 15) is 9.18 Å². The van der Waals surface area contributed by atoms with Gasteiger partial charge in [-0.2, -0.15) is 0 Å². The molecule has 3 nitrogen and oxygen atoms in total. The summed E-state index contributed by atoms with van der Waals surface area (Å²) >= 11 is 0. The number of aromatic amines is 1. The molecular weight excluding hydrogens is 245 g/mol. The number of ether oxygens (including phenoxy) is 1. The Morgan fingerprint density at radius 1 is 1.42 bits per heavy atom. The van der Waals surface area contributed by atoms with E-state index in [4.69, 9.17) is 4.74 Å². The van der Waals surface area contributed by atoms with E-state index in [-0.39, 0.29) is 17.7 Å². The first kappa shape index (κ1) is 13.6. The zero-order chi connectivity index (χ0) is 13.8. The molecule has 1 aromatic carbocycles. The predicted molar refractivity (Wildman–Crippen MR) is 72.4 cm³/mol. The van der Waals surface area contributed by atoms with Gasteiger partial charge in [0.25, 0.3) is 0 Å². The van der Waals surface area contributed by atoms with Gasteiger partial charge in [0.2, 0.25) is 0 Å². The lowest BCUT2D eigenvalue weighted by Crippen LogP contribution is -2.12. The first-order valence-corrected chi connectivity index (χ1v) is 6.50. The third-order valence-electron chi connectivity index (χ3n) is 3.04. The summed E-state index contributed by atoms with van der Waals surface area (Å²) in [7, 11) is 0. The molecule has 19 heavy (non-hydrogen) atoms. The van der Waals surface area contributed by atoms with Gasteiger partial charge in [-0.25, -0.2) is 4.39 Å². The Morgan fingerprint density at radius 2 is 2.21 bits per heavy atom. The van der Waals surface area contributed by atoms with Crippen molar-refractivity contribution in [2.24, 2.45) is 5.92 Å². The number of carbonyl (C=O) groups excluding carboxylic acids is 1. The number of hydrogen-bond donors (Lipinski definition) is 1. The summed E-state index contributed by atoms with van der Waals surface area (Å²) in [4.78, 5) is 14.4. The number of aryl methyl sites for hydroxylation is 1. The molecule has 0 amide bonds. The van der Waals surface area contributed by atoms with Gasteiger partial charge in [0.15, 0.2) is 0 Å². The number of aromatic nitrogens is 1. The van der Waals surface area contributed by atoms with Crippen LogP contribution in [0.4, 0.5) is 4.39 Å². The smallest absolute Gasteiger partial charge is 0.308 e. The second-order valence-electron chi connectivity index (χ2n) is 4.93. The van der Waals surface area contributed by atoms with Crippen LogP contribution >= 0.6 is 0 Å². The van der Waals surface area contributed by atoms with Crippen molar-refractivity contribution in [1.29, 1.82) is 0 Å². The van der Waals surface area contributed by atoms with Crippen LogP contribution < -0.4 is 0 Å². The maximum Gasteiger partial charge on any atom is 0.308 e. The Kier molecular flexibility index (Phi) is 4.20. The number of esters is 1. The van der Waals surface area contributed by atoms with Crippen LogP contribution in [-0.2, 0) is 16.0 Å². The van der Waals surface area contributed by atoms with E-state index in [0.29, 0.717) is 6.61 Å². The average Bonchev–Trinajstić information content (AvgIpc) is 2.76. The highest BCUT2D eigenvalue weighted by Crippen LogP contribution is 2.20. The number of nitrogens with one attached hydrogen (secondary N) is 1. The Morgan fingerprint density at radius 3 is 2.95 bits per heavy atom. The summed E-state index contributed by atoms with van der Waals surface area (Å²) in [5, 5.41) is 0.898. The number of H-pyrrole nitrogens is 1. The van der Waals surface area contributed by atoms with Crippen LogP contribution in [0.15, 0.2) is 24.4 Å². The molecule has 1 heterocycles. The van der Waals surface area contributed by atoms with E-state index in [1.165, 1.54) is 12.1 Å². The average molecular weight is 263 g/mol. The van der Waals surface area contributed by atoms with E-state index in [1.54, 1.807) is 6.07 Å². The van der Waals surface area contributed by atoms with E-state index in [1.807, 2.05) is 20.0 Å². The number of benzene rings is 1. The molecular formula is C15H18FNO2. The highest BCUT2D eigenvalue weighted by Gasteiger charge is 2.08. The number of halogens is 1. The molecule has 0 spiro atoms. The molecule has 0 saturated carbocycles. The van der Waals surface area contributed by atoms with Crippen molar-refractivity contribution in [2.45, 2.75) is 26.7 Å². The molecule has 0 saturated heterocycles. The largest absolute Gasteiger partial charge is 0.465 e. The van der Waals surface area contributed by atoms with Crippen LogP contribution in [0, 0.1) is 11.7 Å². The van der Waals surface area contributed by atoms with Crippen molar-refractivity contribution in [3.8, 4) is 0 Å². The molecule has 0 radical (unpaired) electrons. The fourth-order valence-electron chi connectivity index (χ4n) is 1.96. The predicted octanol–water partition coefficient (Wildman–Crippen LogP) is 3.44. The lowest BCUT2D eigenvalue weighted by molar-refractivity contribution is -0.147. The maximum atomic E-state index is 13.2. The normalized spacial score (nSPS) is 11.2. The summed E-state index contributed by atoms with van der Waals surface area (Å²) in [6.45, 7) is 4.02. The van der Waals surface area contributed by atoms with Gasteiger partial charge in [0.1, 0.15) is 5.82 Å². The molecule has 1 N–H and O–H groups in total. The first-order chi connectivity index (χ1) is 9.08. The molecule has 0 aliphatic heterocycles. The number of rotatable bonds is 5. The maximum absolute atomic E-state index is 13.2. The Hall–Kier alpha value is -1.84. The highest BCUT2D eigenvalue weighted by molar-refractivity contribution is 5.83. The minimum absolute atomic E-state index is 0.0952. The van der Waals surface area contributed by atoms with Gasteiger partial charge in [0.05, 0.1) is 12.5 Å². The third kappa shape index (κ3) is 3.34. The van der Waals surface area contributed by atoms with Crippen molar-refractivity contribution in [2.75, 3.05) is 6.61 Å². The Balaban J connectivity index is 1.91. The van der Waals surface area contributed by atoms with Crippen LogP contribution in [0.3, 0.4) is 0 Å². The number of hydrogen-bond acceptors (Lipinski definition) is 2. The molecule has 2 aromatic rings. The van der Waals surface area contributed by atoms with Crippen molar-refractivity contribution in [3.05, 3.63) is 35.8 Å². The molecule has 0 unspecified atom stereocenters. The third-order valence-corrected chi connectivity index (χ3v) is 3.04. The summed E-state index contributed by atoms with van der Waals surface area (Å²) in [5.74, 6) is -0.508. The van der Waals surface area contributed by atoms with Gasteiger partial charge in [-0.3, -0.25) is 4.79 Å². The van der Waals surface area contributed by atoms with Crippen molar-refractivity contribution in [1.82, 2.24) is 4.98 Å². The topological polar surface area (TPSA) is 42.1 Å². The molecule has 0 aliphatic rings. The second-order valence-corrected chi connectivity index (χ2v) is 4.93. The lowest BCUT2D eigenvalue weighted by Gasteiger charge is -2.06. The molecule has 0 fully saturated rings. The Bertz CT molecular complexity index is 575. The highest BCUT2D eigenvalue weighted by atomic mass is 19.1. The van der Waals surface area contributed by atoms with Gasteiger partial charge in [-0.1, -0.05) is 13.8 Å². The molecule has 2 rings (SSSR count). The minimum Gasteiger partial charge on any atom is -0.465 e. The van der Waals surface area contributed by atoms with Crippen molar-refractivity contribution >= 4 is 16.9 Å². The van der Waals surface area contributed by atoms with Crippen molar-refractivity contribution in [3.63, 3.8) is 0 Å². The number of carbonyl (C=O) groups is 1. The van der Waals surface area contributed by atoms with E-state index in [0.717, 1.165) is 29.3 Å². The van der Waals surface area contributed by atoms with Crippen LogP contribution in [-0.4, -0.2) is 17.6 Å². The second kappa shape index (κ2) is 5.87. The van der Waals surface area contributed by atoms with Crippen molar-refractivity contribution < 1.29 is 13.9 Å². The fourth-order valence-corrected chi connectivity index (χ4v) is 1.96. The molecule has 0 aliphatic carbocycles. The van der Waals surface area contributed by atoms with Crippen LogP contribution in [0.2, 0.25) is 0 Å². The Labute approximate surface area is 111 Å². The van der Waals surface area contributed by atoms with Gasteiger partial charge >= 0.3 is 5.97 Å². The van der Waals surface area contributed by atoms with Crippen LogP contribution in [0.25, 0.3) is 10.9 Å². The summed E-state index contributed by atoms with van der Waals surface area (Å²) in [6.07, 6.45) is 3.38. The summed E-state index contributed by atoms with van der Waals surface area (Å²) in [6, 6.07) is 4.70. The zero-order valence-corrected chi connectivity index (χ0v) is 11.2. The molecule has 0 bridgehead atoms. The van der Waals surface area contributed by atoms with Gasteiger partial charge < -0.3 is 9.72 Å². The quantitative estimate of drug-likeness (QED) is 0.663. The van der Waals surface area contributed by atoms with Gasteiger partial charge in [-0.15, -0.1) is 0 Å². The molecule has 0 atom stereocenters. The molecule has 102 valence electrons. The molecule has 1 aromatic heterocycles. The van der Waals surface area contributed by atoms with Gasteiger partial charge in [-0.05, 0) is 36.6 Å². The zero-order valence-electron chi connectivity index (χ0n) is 11.2. The monoisotopic (exact) mass is 263 g/mol. The van der Waals surface area contributed by atoms with E-state index < -0.39 is 0 Å². The van der Waals surface area contributed by atoms with E-state index >= 15 is 0 Å². The van der Waals surface area contributed by atoms with E-state index in [2.05, 4.69) is 4.98 Å². The number of fused-ring (bicyclic) bond motifs is 1. The lowest BCUT2D eigenvalue weighted by atomic mass is 10.1. The van der Waals surface area contributed by atoms with Gasteiger partial charge in [0, 0.05) is 17.1 Å². The standard InChI is InChI=1S/C15H18FNO2/c1-10(2)15(18)19-7-3-4-11-9-17-14-6-5-12(16)8-13(11)14/h5-6,8-10,17H,3-4,7H2,1-2H3. The first-order valence-electron chi connectivity index (χ1n) is 6.50. The molecule has 4 heteroatoms. The minimum atomic E-state index is -0.236. The van der Waals surface area contributed by atoms with Crippen LogP contribution in [0.1, 0.15) is 25.8 Å². The fraction of sp³-hybridized carbons (Fsp3) is 0.400. The summed E-state index contributed by atoms with van der Waals surface area (Å²) in [5.41, 5.74) is 1.98. The summed E-state index contributed by atoms with van der Waals surface area (Å²) < 4.78 is 18.3.